The van der Waals surface area contributed by atoms with Gasteiger partial charge in [-0.1, -0.05) is 30.3 Å². The molecule has 2 aromatic rings. The number of carbonyl (C=O) groups is 1. The van der Waals surface area contributed by atoms with Crippen molar-refractivity contribution in [2.75, 3.05) is 19.8 Å². The van der Waals surface area contributed by atoms with Crippen LogP contribution in [0.4, 0.5) is 4.79 Å². The summed E-state index contributed by atoms with van der Waals surface area (Å²) < 4.78 is 11.0. The zero-order valence-electron chi connectivity index (χ0n) is 12.5. The van der Waals surface area contributed by atoms with Crippen molar-refractivity contribution < 1.29 is 13.9 Å². The number of carbonyl (C=O) groups excluding carboxylic acids is 1. The van der Waals surface area contributed by atoms with Gasteiger partial charge in [0.15, 0.2) is 5.76 Å². The molecule has 1 aliphatic rings. The van der Waals surface area contributed by atoms with Crippen molar-refractivity contribution in [1.29, 1.82) is 0 Å². The third-order valence-corrected chi connectivity index (χ3v) is 3.63. The summed E-state index contributed by atoms with van der Waals surface area (Å²) in [5, 5.41) is 2.84. The van der Waals surface area contributed by atoms with E-state index in [-0.39, 0.29) is 18.6 Å². The maximum Gasteiger partial charge on any atom is 0.318 e. The van der Waals surface area contributed by atoms with Gasteiger partial charge in [-0.05, 0) is 6.92 Å². The lowest BCUT2D eigenvalue weighted by Gasteiger charge is -2.33. The van der Waals surface area contributed by atoms with Crippen molar-refractivity contribution in [2.24, 2.45) is 0 Å². The van der Waals surface area contributed by atoms with Crippen molar-refractivity contribution in [3.8, 4) is 11.3 Å². The number of amides is 2. The van der Waals surface area contributed by atoms with Gasteiger partial charge in [0.1, 0.15) is 0 Å². The first-order valence-corrected chi connectivity index (χ1v) is 7.36. The fraction of sp³-hybridized carbons (Fsp3) is 0.375. The first-order chi connectivity index (χ1) is 10.7. The summed E-state index contributed by atoms with van der Waals surface area (Å²) in [6, 6.07) is 9.72. The van der Waals surface area contributed by atoms with Crippen LogP contribution in [0.1, 0.15) is 12.8 Å². The van der Waals surface area contributed by atoms with Crippen LogP contribution in [0.25, 0.3) is 11.3 Å². The van der Waals surface area contributed by atoms with Crippen LogP contribution < -0.4 is 5.32 Å². The van der Waals surface area contributed by atoms with Gasteiger partial charge in [-0.2, -0.15) is 0 Å². The Morgan fingerprint density at radius 1 is 1.41 bits per heavy atom. The van der Waals surface area contributed by atoms with Crippen LogP contribution in [0.5, 0.6) is 0 Å². The van der Waals surface area contributed by atoms with E-state index in [2.05, 4.69) is 10.3 Å². The number of nitrogens with one attached hydrogen (secondary N) is 1. The number of rotatable bonds is 3. The van der Waals surface area contributed by atoms with E-state index in [9.17, 15) is 4.79 Å². The molecule has 6 nitrogen and oxygen atoms in total. The molecule has 3 rings (SSSR count). The van der Waals surface area contributed by atoms with Gasteiger partial charge in [-0.3, -0.25) is 0 Å². The van der Waals surface area contributed by atoms with Crippen LogP contribution in [0.15, 0.2) is 40.9 Å². The minimum Gasteiger partial charge on any atom is -0.439 e. The van der Waals surface area contributed by atoms with Crippen LogP contribution in [0.3, 0.4) is 0 Å². The summed E-state index contributed by atoms with van der Waals surface area (Å²) >= 11 is 0. The fourth-order valence-corrected chi connectivity index (χ4v) is 2.41. The maximum absolute atomic E-state index is 12.1. The second-order valence-corrected chi connectivity index (χ2v) is 5.26. The molecule has 1 N–H and O–H groups in total. The number of oxazole rings is 1. The molecule has 0 radical (unpaired) electrons. The zero-order valence-corrected chi connectivity index (χ0v) is 12.5. The highest BCUT2D eigenvalue weighted by Gasteiger charge is 2.23. The predicted molar refractivity (Wildman–Crippen MR) is 81.2 cm³/mol. The number of aromatic nitrogens is 1. The SMILES string of the molecule is C[C@@H]1COCCN1C(=O)NCc1ncc(-c2ccccc2)o1. The molecule has 22 heavy (non-hydrogen) atoms. The molecular formula is C16H19N3O3. The standard InChI is InChI=1S/C16H19N3O3/c1-12-11-21-8-7-19(12)16(20)18-10-15-17-9-14(22-15)13-5-3-2-4-6-13/h2-6,9,12H,7-8,10-11H2,1H3,(H,18,20)/t12-/m1/s1. The Morgan fingerprint density at radius 3 is 3.00 bits per heavy atom. The molecular weight excluding hydrogens is 282 g/mol. The summed E-state index contributed by atoms with van der Waals surface area (Å²) in [7, 11) is 0. The molecule has 1 aliphatic heterocycles. The van der Waals surface area contributed by atoms with E-state index < -0.39 is 0 Å². The Morgan fingerprint density at radius 2 is 2.23 bits per heavy atom. The third kappa shape index (κ3) is 3.28. The highest BCUT2D eigenvalue weighted by molar-refractivity contribution is 5.74. The molecule has 1 aromatic heterocycles. The topological polar surface area (TPSA) is 67.6 Å². The average Bonchev–Trinajstić information content (AvgIpc) is 3.03. The van der Waals surface area contributed by atoms with Crippen LogP contribution in [0, 0.1) is 0 Å². The van der Waals surface area contributed by atoms with Gasteiger partial charge in [0, 0.05) is 12.1 Å². The predicted octanol–water partition coefficient (Wildman–Crippen LogP) is 2.27. The fourth-order valence-electron chi connectivity index (χ4n) is 2.41. The summed E-state index contributed by atoms with van der Waals surface area (Å²) in [5.41, 5.74) is 0.967. The molecule has 0 bridgehead atoms. The normalized spacial score (nSPS) is 18.2. The van der Waals surface area contributed by atoms with E-state index in [1.807, 2.05) is 37.3 Å². The Kier molecular flexibility index (Phi) is 4.39. The maximum atomic E-state index is 12.1. The molecule has 1 saturated heterocycles. The lowest BCUT2D eigenvalue weighted by Crippen LogP contribution is -2.51. The quantitative estimate of drug-likeness (QED) is 0.944. The second kappa shape index (κ2) is 6.62. The molecule has 2 heterocycles. The Labute approximate surface area is 129 Å². The molecule has 1 fully saturated rings. The van der Waals surface area contributed by atoms with Crippen LogP contribution in [0.2, 0.25) is 0 Å². The van der Waals surface area contributed by atoms with E-state index in [1.165, 1.54) is 0 Å². The van der Waals surface area contributed by atoms with Gasteiger partial charge < -0.3 is 19.4 Å². The first-order valence-electron chi connectivity index (χ1n) is 7.36. The molecule has 0 aliphatic carbocycles. The molecule has 2 amide bonds. The van der Waals surface area contributed by atoms with Crippen LogP contribution >= 0.6 is 0 Å². The number of benzene rings is 1. The van der Waals surface area contributed by atoms with Crippen LogP contribution in [-0.4, -0.2) is 41.7 Å². The molecule has 116 valence electrons. The van der Waals surface area contributed by atoms with E-state index in [0.717, 1.165) is 5.56 Å². The van der Waals surface area contributed by atoms with E-state index >= 15 is 0 Å². The van der Waals surface area contributed by atoms with Crippen molar-refractivity contribution in [2.45, 2.75) is 19.5 Å². The van der Waals surface area contributed by atoms with Gasteiger partial charge in [-0.25, -0.2) is 9.78 Å². The smallest absolute Gasteiger partial charge is 0.318 e. The Hall–Kier alpha value is -2.34. The largest absolute Gasteiger partial charge is 0.439 e. The van der Waals surface area contributed by atoms with Gasteiger partial charge in [-0.15, -0.1) is 0 Å². The minimum absolute atomic E-state index is 0.0817. The average molecular weight is 301 g/mol. The Bertz CT molecular complexity index is 627. The number of urea groups is 1. The summed E-state index contributed by atoms with van der Waals surface area (Å²) in [6.45, 7) is 4.00. The Balaban J connectivity index is 1.58. The lowest BCUT2D eigenvalue weighted by molar-refractivity contribution is 0.0188. The highest BCUT2D eigenvalue weighted by Crippen LogP contribution is 2.19. The molecule has 0 spiro atoms. The number of hydrogen-bond donors (Lipinski definition) is 1. The monoisotopic (exact) mass is 301 g/mol. The second-order valence-electron chi connectivity index (χ2n) is 5.26. The summed E-state index contributed by atoms with van der Waals surface area (Å²) in [4.78, 5) is 18.1. The lowest BCUT2D eigenvalue weighted by atomic mass is 10.2. The highest BCUT2D eigenvalue weighted by atomic mass is 16.5. The first kappa shape index (κ1) is 14.6. The number of nitrogens with zero attached hydrogens (tertiary/aromatic N) is 2. The van der Waals surface area contributed by atoms with E-state index in [1.54, 1.807) is 11.1 Å². The van der Waals surface area contributed by atoms with Crippen molar-refractivity contribution in [1.82, 2.24) is 15.2 Å². The van der Waals surface area contributed by atoms with E-state index in [4.69, 9.17) is 9.15 Å². The van der Waals surface area contributed by atoms with Gasteiger partial charge >= 0.3 is 6.03 Å². The van der Waals surface area contributed by atoms with Gasteiger partial charge in [0.25, 0.3) is 0 Å². The zero-order chi connectivity index (χ0) is 15.4. The third-order valence-electron chi connectivity index (χ3n) is 3.63. The minimum atomic E-state index is -0.115. The van der Waals surface area contributed by atoms with Gasteiger partial charge in [0.05, 0.1) is 32.0 Å². The van der Waals surface area contributed by atoms with Crippen LogP contribution in [-0.2, 0) is 11.3 Å². The molecule has 1 aromatic carbocycles. The van der Waals surface area contributed by atoms with Crippen molar-refractivity contribution in [3.63, 3.8) is 0 Å². The number of hydrogen-bond acceptors (Lipinski definition) is 4. The van der Waals surface area contributed by atoms with Gasteiger partial charge in [0.2, 0.25) is 5.89 Å². The summed E-state index contributed by atoms with van der Waals surface area (Å²) in [6.07, 6.45) is 1.67. The molecule has 1 atom stereocenters. The van der Waals surface area contributed by atoms with E-state index in [0.29, 0.717) is 31.4 Å². The number of morpholine rings is 1. The molecule has 0 saturated carbocycles. The van der Waals surface area contributed by atoms with Crippen molar-refractivity contribution in [3.05, 3.63) is 42.4 Å². The summed E-state index contributed by atoms with van der Waals surface area (Å²) in [5.74, 6) is 1.19. The van der Waals surface area contributed by atoms with Crippen molar-refractivity contribution >= 4 is 6.03 Å². The molecule has 6 heteroatoms. The molecule has 0 unspecified atom stereocenters. The number of ether oxygens (including phenoxy) is 1.